The lowest BCUT2D eigenvalue weighted by Crippen LogP contribution is -2.27. The van der Waals surface area contributed by atoms with Crippen molar-refractivity contribution >= 4 is 44.7 Å². The Balaban J connectivity index is 1.32. The average molecular weight is 451 g/mol. The predicted octanol–water partition coefficient (Wildman–Crippen LogP) is 3.31. The Morgan fingerprint density at radius 1 is 1.17 bits per heavy atom. The molecule has 3 heterocycles. The quantitative estimate of drug-likeness (QED) is 0.551. The third-order valence-corrected chi connectivity index (χ3v) is 7.90. The van der Waals surface area contributed by atoms with Gasteiger partial charge in [-0.15, -0.1) is 21.5 Å². The zero-order valence-corrected chi connectivity index (χ0v) is 17.7. The molecule has 0 spiro atoms. The van der Waals surface area contributed by atoms with E-state index in [4.69, 9.17) is 4.42 Å². The lowest BCUT2D eigenvalue weighted by atomic mass is 10.3. The highest BCUT2D eigenvalue weighted by Crippen LogP contribution is 2.27. The van der Waals surface area contributed by atoms with Gasteiger partial charge in [0.25, 0.3) is 11.1 Å². The summed E-state index contributed by atoms with van der Waals surface area (Å²) in [4.78, 5) is 13.3. The van der Waals surface area contributed by atoms with E-state index in [9.17, 15) is 13.2 Å². The Hall–Kier alpha value is -2.21. The Bertz CT molecular complexity index is 1070. The fourth-order valence-corrected chi connectivity index (χ4v) is 5.60. The highest BCUT2D eigenvalue weighted by Gasteiger charge is 2.26. The summed E-state index contributed by atoms with van der Waals surface area (Å²) >= 11 is 2.64. The first kappa shape index (κ1) is 20.1. The third kappa shape index (κ3) is 4.69. The maximum absolute atomic E-state index is 12.5. The molecule has 29 heavy (non-hydrogen) atoms. The third-order valence-electron chi connectivity index (χ3n) is 4.31. The van der Waals surface area contributed by atoms with Crippen molar-refractivity contribution in [2.24, 2.45) is 0 Å². The minimum absolute atomic E-state index is 0.0971. The fraction of sp³-hybridized carbons (Fsp3) is 0.278. The van der Waals surface area contributed by atoms with Gasteiger partial charge in [-0.3, -0.25) is 4.79 Å². The molecule has 8 nitrogen and oxygen atoms in total. The van der Waals surface area contributed by atoms with Gasteiger partial charge in [-0.2, -0.15) is 4.31 Å². The first-order valence-electron chi connectivity index (χ1n) is 8.92. The molecule has 152 valence electrons. The number of nitrogens with zero attached hydrogens (tertiary/aromatic N) is 3. The Kier molecular flexibility index (Phi) is 5.99. The molecule has 0 bridgehead atoms. The summed E-state index contributed by atoms with van der Waals surface area (Å²) in [6, 6.07) is 9.99. The molecule has 1 fully saturated rings. The van der Waals surface area contributed by atoms with Crippen molar-refractivity contribution in [2.75, 3.05) is 24.2 Å². The smallest absolute Gasteiger partial charge is 0.277 e. The molecule has 1 aliphatic heterocycles. The molecule has 1 aliphatic rings. The Morgan fingerprint density at radius 2 is 1.93 bits per heavy atom. The minimum atomic E-state index is -3.46. The molecule has 1 saturated heterocycles. The van der Waals surface area contributed by atoms with Crippen LogP contribution in [0.15, 0.2) is 56.3 Å². The number of thioether (sulfide) groups is 1. The summed E-state index contributed by atoms with van der Waals surface area (Å²) in [5, 5.41) is 12.9. The molecular formula is C18H18N4O4S3. The summed E-state index contributed by atoms with van der Waals surface area (Å²) < 4.78 is 32.1. The standard InChI is InChI=1S/C18H18N4O4S3/c23-16(12-28-18-21-20-17(26-18)15-4-3-11-27-15)19-13-5-7-14(8-6-13)29(24,25)22-9-1-2-10-22/h3-8,11H,1-2,9-10,12H2,(H,19,23). The van der Waals surface area contributed by atoms with Gasteiger partial charge in [0, 0.05) is 18.8 Å². The molecule has 0 radical (unpaired) electrons. The van der Waals surface area contributed by atoms with Crippen molar-refractivity contribution in [3.63, 3.8) is 0 Å². The monoisotopic (exact) mass is 450 g/mol. The largest absolute Gasteiger partial charge is 0.410 e. The zero-order valence-electron chi connectivity index (χ0n) is 15.3. The number of benzene rings is 1. The van der Waals surface area contributed by atoms with Gasteiger partial charge in [0.1, 0.15) is 0 Å². The number of carbonyl (C=O) groups is 1. The molecule has 4 rings (SSSR count). The second-order valence-corrected chi connectivity index (χ2v) is 10.1. The van der Waals surface area contributed by atoms with Crippen molar-refractivity contribution in [3.8, 4) is 10.8 Å². The Labute approximate surface area is 176 Å². The molecule has 2 aromatic heterocycles. The second kappa shape index (κ2) is 8.66. The number of thiophene rings is 1. The Morgan fingerprint density at radius 3 is 2.62 bits per heavy atom. The lowest BCUT2D eigenvalue weighted by molar-refractivity contribution is -0.113. The first-order chi connectivity index (χ1) is 14.0. The lowest BCUT2D eigenvalue weighted by Gasteiger charge is -2.15. The fourth-order valence-electron chi connectivity index (χ4n) is 2.88. The van der Waals surface area contributed by atoms with Crippen LogP contribution in [-0.2, 0) is 14.8 Å². The normalized spacial score (nSPS) is 14.9. The van der Waals surface area contributed by atoms with Crippen LogP contribution in [0, 0.1) is 0 Å². The molecule has 1 amide bonds. The van der Waals surface area contributed by atoms with Gasteiger partial charge in [0.2, 0.25) is 15.9 Å². The van der Waals surface area contributed by atoms with E-state index in [0.717, 1.165) is 29.5 Å². The van der Waals surface area contributed by atoms with E-state index in [2.05, 4.69) is 15.5 Å². The topological polar surface area (TPSA) is 105 Å². The van der Waals surface area contributed by atoms with Crippen LogP contribution < -0.4 is 5.32 Å². The van der Waals surface area contributed by atoms with Crippen LogP contribution in [0.4, 0.5) is 5.69 Å². The first-order valence-corrected chi connectivity index (χ1v) is 12.2. The van der Waals surface area contributed by atoms with E-state index in [1.54, 1.807) is 12.1 Å². The van der Waals surface area contributed by atoms with Crippen LogP contribution in [-0.4, -0.2) is 47.7 Å². The number of aromatic nitrogens is 2. The van der Waals surface area contributed by atoms with Crippen molar-refractivity contribution < 1.29 is 17.6 Å². The number of rotatable bonds is 7. The molecule has 0 unspecified atom stereocenters. The maximum Gasteiger partial charge on any atom is 0.277 e. The molecule has 11 heteroatoms. The van der Waals surface area contributed by atoms with E-state index in [-0.39, 0.29) is 16.6 Å². The van der Waals surface area contributed by atoms with Crippen molar-refractivity contribution in [3.05, 3.63) is 41.8 Å². The second-order valence-electron chi connectivity index (χ2n) is 6.32. The van der Waals surface area contributed by atoms with Gasteiger partial charge in [0.05, 0.1) is 15.5 Å². The summed E-state index contributed by atoms with van der Waals surface area (Å²) in [7, 11) is -3.46. The average Bonchev–Trinajstić information content (AvgIpc) is 3.49. The van der Waals surface area contributed by atoms with Crippen LogP contribution >= 0.6 is 23.1 Å². The predicted molar refractivity (Wildman–Crippen MR) is 111 cm³/mol. The van der Waals surface area contributed by atoms with Crippen LogP contribution in [0.5, 0.6) is 0 Å². The SMILES string of the molecule is O=C(CSc1nnc(-c2cccs2)o1)Nc1ccc(S(=O)(=O)N2CCCC2)cc1. The number of carbonyl (C=O) groups excluding carboxylic acids is 1. The molecule has 0 saturated carbocycles. The van der Waals surface area contributed by atoms with Gasteiger partial charge in [-0.1, -0.05) is 17.8 Å². The number of anilines is 1. The highest BCUT2D eigenvalue weighted by molar-refractivity contribution is 7.99. The highest BCUT2D eigenvalue weighted by atomic mass is 32.2. The molecular weight excluding hydrogens is 432 g/mol. The molecule has 0 aliphatic carbocycles. The number of hydrogen-bond acceptors (Lipinski definition) is 8. The number of nitrogens with one attached hydrogen (secondary N) is 1. The van der Waals surface area contributed by atoms with Crippen molar-refractivity contribution in [1.29, 1.82) is 0 Å². The molecule has 3 aromatic rings. The summed E-state index contributed by atoms with van der Waals surface area (Å²) in [5.41, 5.74) is 0.528. The van der Waals surface area contributed by atoms with Gasteiger partial charge < -0.3 is 9.73 Å². The van der Waals surface area contributed by atoms with Crippen LogP contribution in [0.3, 0.4) is 0 Å². The van der Waals surface area contributed by atoms with Crippen LogP contribution in [0.2, 0.25) is 0 Å². The molecule has 1 N–H and O–H groups in total. The van der Waals surface area contributed by atoms with E-state index in [1.807, 2.05) is 17.5 Å². The van der Waals surface area contributed by atoms with Crippen molar-refractivity contribution in [1.82, 2.24) is 14.5 Å². The minimum Gasteiger partial charge on any atom is -0.410 e. The van der Waals surface area contributed by atoms with E-state index in [0.29, 0.717) is 29.9 Å². The van der Waals surface area contributed by atoms with Crippen molar-refractivity contribution in [2.45, 2.75) is 23.0 Å². The van der Waals surface area contributed by atoms with E-state index >= 15 is 0 Å². The summed E-state index contributed by atoms with van der Waals surface area (Å²) in [5.74, 6) is 0.277. The summed E-state index contributed by atoms with van der Waals surface area (Å²) in [6.07, 6.45) is 1.78. The van der Waals surface area contributed by atoms with Gasteiger partial charge in [0.15, 0.2) is 0 Å². The van der Waals surface area contributed by atoms with Crippen LogP contribution in [0.1, 0.15) is 12.8 Å². The van der Waals surface area contributed by atoms with Gasteiger partial charge in [-0.05, 0) is 48.6 Å². The molecule has 0 atom stereocenters. The number of amides is 1. The van der Waals surface area contributed by atoms with Gasteiger partial charge in [-0.25, -0.2) is 8.42 Å². The number of sulfonamides is 1. The summed E-state index contributed by atoms with van der Waals surface area (Å²) in [6.45, 7) is 1.11. The molecule has 1 aromatic carbocycles. The van der Waals surface area contributed by atoms with Gasteiger partial charge >= 0.3 is 0 Å². The van der Waals surface area contributed by atoms with E-state index in [1.165, 1.54) is 27.8 Å². The van der Waals surface area contributed by atoms with E-state index < -0.39 is 10.0 Å². The number of hydrogen-bond donors (Lipinski definition) is 1. The van der Waals surface area contributed by atoms with Crippen LogP contribution in [0.25, 0.3) is 10.8 Å². The zero-order chi connectivity index (χ0) is 20.3. The maximum atomic E-state index is 12.5.